The van der Waals surface area contributed by atoms with Crippen molar-refractivity contribution in [3.05, 3.63) is 0 Å². The highest BCUT2D eigenvalue weighted by molar-refractivity contribution is 5.87. The highest BCUT2D eigenvalue weighted by Crippen LogP contribution is 2.26. The third-order valence-electron chi connectivity index (χ3n) is 3.32. The number of carbonyl (C=O) groups is 3. The Morgan fingerprint density at radius 3 is 2.42 bits per heavy atom. The van der Waals surface area contributed by atoms with Crippen molar-refractivity contribution in [3.8, 4) is 0 Å². The lowest BCUT2D eigenvalue weighted by Gasteiger charge is -2.14. The first-order valence-corrected chi connectivity index (χ1v) is 6.54. The Bertz CT molecular complexity index is 340. The molecule has 1 aliphatic rings. The number of aliphatic carboxylic acids is 1. The summed E-state index contributed by atoms with van der Waals surface area (Å²) in [5, 5.41) is 13.6. The van der Waals surface area contributed by atoms with Gasteiger partial charge in [0.15, 0.2) is 0 Å². The van der Waals surface area contributed by atoms with Crippen LogP contribution in [0.15, 0.2) is 0 Å². The van der Waals surface area contributed by atoms with E-state index in [0.717, 1.165) is 6.42 Å². The molecule has 1 atom stereocenters. The van der Waals surface area contributed by atoms with Crippen molar-refractivity contribution < 1.29 is 19.5 Å². The van der Waals surface area contributed by atoms with Crippen LogP contribution in [-0.2, 0) is 9.59 Å². The van der Waals surface area contributed by atoms with E-state index in [-0.39, 0.29) is 0 Å². The van der Waals surface area contributed by atoms with Crippen molar-refractivity contribution in [1.82, 2.24) is 10.6 Å². The van der Waals surface area contributed by atoms with E-state index in [1.54, 1.807) is 0 Å². The Morgan fingerprint density at radius 2 is 1.89 bits per heavy atom. The lowest BCUT2D eigenvalue weighted by Crippen LogP contribution is -2.47. The van der Waals surface area contributed by atoms with Crippen LogP contribution >= 0.6 is 0 Å². The number of amides is 3. The second kappa shape index (κ2) is 7.60. The summed E-state index contributed by atoms with van der Waals surface area (Å²) < 4.78 is 0. The van der Waals surface area contributed by atoms with E-state index < -0.39 is 30.4 Å². The summed E-state index contributed by atoms with van der Waals surface area (Å²) in [4.78, 5) is 32.9. The van der Waals surface area contributed by atoms with Gasteiger partial charge in [-0.3, -0.25) is 4.79 Å². The van der Waals surface area contributed by atoms with Crippen LogP contribution in [0.25, 0.3) is 0 Å². The summed E-state index contributed by atoms with van der Waals surface area (Å²) in [6.07, 6.45) is 5.38. The van der Waals surface area contributed by atoms with Crippen LogP contribution in [0, 0.1) is 5.92 Å². The van der Waals surface area contributed by atoms with Crippen molar-refractivity contribution in [2.45, 2.75) is 44.6 Å². The number of carbonyl (C=O) groups excluding carboxylic acids is 2. The van der Waals surface area contributed by atoms with Gasteiger partial charge in [-0.15, -0.1) is 0 Å². The molecule has 0 bridgehead atoms. The molecule has 0 aromatic rings. The molecule has 7 nitrogen and oxygen atoms in total. The number of hydrogen-bond acceptors (Lipinski definition) is 3. The van der Waals surface area contributed by atoms with Gasteiger partial charge >= 0.3 is 12.0 Å². The van der Waals surface area contributed by atoms with Gasteiger partial charge in [-0.1, -0.05) is 25.7 Å². The van der Waals surface area contributed by atoms with Crippen LogP contribution in [0.4, 0.5) is 4.79 Å². The molecule has 0 saturated heterocycles. The summed E-state index contributed by atoms with van der Waals surface area (Å²) >= 11 is 0. The molecule has 1 aliphatic carbocycles. The largest absolute Gasteiger partial charge is 0.480 e. The fourth-order valence-electron chi connectivity index (χ4n) is 2.30. The predicted octanol–water partition coefficient (Wildman–Crippen LogP) is 0.194. The minimum Gasteiger partial charge on any atom is -0.480 e. The molecular weight excluding hydrogens is 250 g/mol. The van der Waals surface area contributed by atoms with Crippen LogP contribution < -0.4 is 16.4 Å². The topological polar surface area (TPSA) is 122 Å². The maximum atomic E-state index is 11.5. The van der Waals surface area contributed by atoms with Crippen LogP contribution in [0.5, 0.6) is 0 Å². The Hall–Kier alpha value is -1.79. The zero-order valence-electron chi connectivity index (χ0n) is 10.9. The van der Waals surface area contributed by atoms with Crippen molar-refractivity contribution in [1.29, 1.82) is 0 Å². The van der Waals surface area contributed by atoms with Gasteiger partial charge in [0.1, 0.15) is 6.04 Å². The molecule has 0 aromatic carbocycles. The molecule has 7 heteroatoms. The van der Waals surface area contributed by atoms with Gasteiger partial charge in [-0.2, -0.15) is 0 Å². The first-order valence-electron chi connectivity index (χ1n) is 6.54. The number of rotatable bonds is 7. The number of carboxylic acids is 1. The molecule has 108 valence electrons. The molecule has 19 heavy (non-hydrogen) atoms. The molecule has 0 radical (unpaired) electrons. The molecule has 0 spiro atoms. The lowest BCUT2D eigenvalue weighted by atomic mass is 10.0. The second-order valence-electron chi connectivity index (χ2n) is 4.90. The van der Waals surface area contributed by atoms with Gasteiger partial charge in [0, 0.05) is 6.54 Å². The molecule has 1 fully saturated rings. The minimum absolute atomic E-state index is 0.411. The van der Waals surface area contributed by atoms with Crippen molar-refractivity contribution in [2.75, 3.05) is 6.54 Å². The number of nitrogens with one attached hydrogen (secondary N) is 2. The third-order valence-corrected chi connectivity index (χ3v) is 3.32. The summed E-state index contributed by atoms with van der Waals surface area (Å²) in [5.74, 6) is -1.38. The predicted molar refractivity (Wildman–Crippen MR) is 68.3 cm³/mol. The highest BCUT2D eigenvalue weighted by Gasteiger charge is 2.22. The summed E-state index contributed by atoms with van der Waals surface area (Å²) in [6, 6.07) is -1.85. The van der Waals surface area contributed by atoms with E-state index in [1.807, 2.05) is 0 Å². The zero-order chi connectivity index (χ0) is 14.3. The van der Waals surface area contributed by atoms with Gasteiger partial charge in [-0.05, 0) is 12.3 Å². The molecule has 0 aliphatic heterocycles. The van der Waals surface area contributed by atoms with Crippen LogP contribution in [-0.4, -0.2) is 35.6 Å². The molecule has 1 rings (SSSR count). The Kier molecular flexibility index (Phi) is 6.11. The van der Waals surface area contributed by atoms with Crippen molar-refractivity contribution in [2.24, 2.45) is 11.7 Å². The first kappa shape index (κ1) is 15.3. The minimum atomic E-state index is -1.27. The number of carboxylic acid groups (broad SMARTS) is 1. The van der Waals surface area contributed by atoms with Gasteiger partial charge in [0.05, 0.1) is 6.42 Å². The fourth-order valence-corrected chi connectivity index (χ4v) is 2.30. The maximum absolute atomic E-state index is 11.5. The molecule has 3 amide bonds. The average molecular weight is 271 g/mol. The van der Waals surface area contributed by atoms with Crippen LogP contribution in [0.1, 0.15) is 38.5 Å². The first-order chi connectivity index (χ1) is 8.99. The van der Waals surface area contributed by atoms with Gasteiger partial charge in [0.2, 0.25) is 5.91 Å². The quantitative estimate of drug-likeness (QED) is 0.528. The number of hydrogen-bond donors (Lipinski definition) is 4. The van der Waals surface area contributed by atoms with E-state index in [9.17, 15) is 14.4 Å². The molecule has 5 N–H and O–H groups in total. The Morgan fingerprint density at radius 1 is 1.26 bits per heavy atom. The van der Waals surface area contributed by atoms with Crippen molar-refractivity contribution >= 4 is 17.9 Å². The summed E-state index contributed by atoms with van der Waals surface area (Å²) in [6.45, 7) is 0.513. The van der Waals surface area contributed by atoms with E-state index in [4.69, 9.17) is 10.8 Å². The normalized spacial score (nSPS) is 16.8. The van der Waals surface area contributed by atoms with Crippen LogP contribution in [0.3, 0.4) is 0 Å². The third kappa shape index (κ3) is 6.08. The maximum Gasteiger partial charge on any atom is 0.326 e. The standard InChI is InChI=1S/C12H21N3O4/c13-10(16)7-9(11(17)18)15-12(19)14-6-5-8-3-1-2-4-8/h8-9H,1-7H2,(H2,13,16)(H,17,18)(H2,14,15,19)/t9-/m1/s1. The molecule has 0 heterocycles. The van der Waals surface area contributed by atoms with Gasteiger partial charge in [-0.25, -0.2) is 9.59 Å². The van der Waals surface area contributed by atoms with Crippen LogP contribution in [0.2, 0.25) is 0 Å². The van der Waals surface area contributed by atoms with E-state index in [0.29, 0.717) is 12.5 Å². The average Bonchev–Trinajstić information content (AvgIpc) is 2.80. The lowest BCUT2D eigenvalue weighted by molar-refractivity contribution is -0.140. The molecular formula is C12H21N3O4. The Labute approximate surface area is 111 Å². The fraction of sp³-hybridized carbons (Fsp3) is 0.750. The second-order valence-corrected chi connectivity index (χ2v) is 4.90. The van der Waals surface area contributed by atoms with Gasteiger partial charge in [0.25, 0.3) is 0 Å². The molecule has 0 aromatic heterocycles. The Balaban J connectivity index is 2.23. The zero-order valence-corrected chi connectivity index (χ0v) is 10.9. The van der Waals surface area contributed by atoms with Gasteiger partial charge < -0.3 is 21.5 Å². The summed E-state index contributed by atoms with van der Waals surface area (Å²) in [7, 11) is 0. The number of urea groups is 1. The number of nitrogens with two attached hydrogens (primary N) is 1. The highest BCUT2D eigenvalue weighted by atomic mass is 16.4. The van der Waals surface area contributed by atoms with E-state index >= 15 is 0 Å². The summed E-state index contributed by atoms with van der Waals surface area (Å²) in [5.41, 5.74) is 4.92. The van der Waals surface area contributed by atoms with E-state index in [2.05, 4.69) is 10.6 Å². The molecule has 1 saturated carbocycles. The monoisotopic (exact) mass is 271 g/mol. The van der Waals surface area contributed by atoms with Crippen molar-refractivity contribution in [3.63, 3.8) is 0 Å². The number of primary amides is 1. The SMILES string of the molecule is NC(=O)C[C@@H](NC(=O)NCCC1CCCC1)C(=O)O. The molecule has 0 unspecified atom stereocenters. The smallest absolute Gasteiger partial charge is 0.326 e. The van der Waals surface area contributed by atoms with E-state index in [1.165, 1.54) is 25.7 Å².